The van der Waals surface area contributed by atoms with Gasteiger partial charge in [-0.25, -0.2) is 9.97 Å². The zero-order chi connectivity index (χ0) is 19.6. The van der Waals surface area contributed by atoms with Crippen LogP contribution in [0.3, 0.4) is 0 Å². The van der Waals surface area contributed by atoms with Crippen molar-refractivity contribution < 1.29 is 22.6 Å². The molecular formula is C19H13F3N4O2. The van der Waals surface area contributed by atoms with Crippen LogP contribution < -0.4 is 14.8 Å². The van der Waals surface area contributed by atoms with Crippen LogP contribution >= 0.6 is 0 Å². The van der Waals surface area contributed by atoms with Crippen LogP contribution in [0.15, 0.2) is 67.1 Å². The van der Waals surface area contributed by atoms with E-state index in [1.54, 1.807) is 18.2 Å². The second kappa shape index (κ2) is 7.10. The van der Waals surface area contributed by atoms with Gasteiger partial charge in [-0.15, -0.1) is 13.2 Å². The first-order valence-corrected chi connectivity index (χ1v) is 8.14. The molecule has 2 aromatic carbocycles. The summed E-state index contributed by atoms with van der Waals surface area (Å²) in [7, 11) is 0. The maximum Gasteiger partial charge on any atom is 0.573 e. The van der Waals surface area contributed by atoms with Gasteiger partial charge in [0.05, 0.1) is 0 Å². The predicted molar refractivity (Wildman–Crippen MR) is 96.8 cm³/mol. The number of halogens is 3. The summed E-state index contributed by atoms with van der Waals surface area (Å²) in [4.78, 5) is 11.2. The lowest BCUT2D eigenvalue weighted by Crippen LogP contribution is -2.17. The molecule has 0 aliphatic heterocycles. The van der Waals surface area contributed by atoms with E-state index in [9.17, 15) is 13.2 Å². The minimum atomic E-state index is -4.75. The molecule has 0 radical (unpaired) electrons. The van der Waals surface area contributed by atoms with Crippen LogP contribution in [0.1, 0.15) is 0 Å². The average molecular weight is 386 g/mol. The Labute approximate surface area is 157 Å². The highest BCUT2D eigenvalue weighted by atomic mass is 19.4. The highest BCUT2D eigenvalue weighted by Gasteiger charge is 2.31. The Bertz CT molecular complexity index is 1110. The number of rotatable bonds is 5. The van der Waals surface area contributed by atoms with Crippen LogP contribution in [0.5, 0.6) is 17.4 Å². The lowest BCUT2D eigenvalue weighted by molar-refractivity contribution is -0.274. The summed E-state index contributed by atoms with van der Waals surface area (Å²) < 4.78 is 46.7. The molecule has 0 bridgehead atoms. The van der Waals surface area contributed by atoms with Crippen molar-refractivity contribution in [3.8, 4) is 17.4 Å². The lowest BCUT2D eigenvalue weighted by atomic mass is 10.2. The lowest BCUT2D eigenvalue weighted by Gasteiger charge is -2.11. The normalized spacial score (nSPS) is 11.4. The fraction of sp³-hybridized carbons (Fsp3) is 0.0526. The van der Waals surface area contributed by atoms with Gasteiger partial charge in [0.1, 0.15) is 23.6 Å². The van der Waals surface area contributed by atoms with Crippen molar-refractivity contribution in [2.45, 2.75) is 6.36 Å². The van der Waals surface area contributed by atoms with Gasteiger partial charge in [0.25, 0.3) is 0 Å². The Hall–Kier alpha value is -3.75. The van der Waals surface area contributed by atoms with Gasteiger partial charge in [0.15, 0.2) is 0 Å². The zero-order valence-corrected chi connectivity index (χ0v) is 14.2. The fourth-order valence-electron chi connectivity index (χ4n) is 2.60. The van der Waals surface area contributed by atoms with E-state index < -0.39 is 6.36 Å². The number of benzene rings is 2. The minimum absolute atomic E-state index is 0.287. The van der Waals surface area contributed by atoms with Crippen LogP contribution in [0.4, 0.5) is 24.7 Å². The molecule has 142 valence electrons. The summed E-state index contributed by atoms with van der Waals surface area (Å²) in [6.45, 7) is 0. The molecule has 0 amide bonds. The molecule has 0 fully saturated rings. The molecule has 0 unspecified atom stereocenters. The second-order valence-corrected chi connectivity index (χ2v) is 5.77. The van der Waals surface area contributed by atoms with Crippen molar-refractivity contribution in [3.63, 3.8) is 0 Å². The van der Waals surface area contributed by atoms with Gasteiger partial charge in [0, 0.05) is 34.9 Å². The molecule has 28 heavy (non-hydrogen) atoms. The third-order valence-electron chi connectivity index (χ3n) is 3.73. The number of ether oxygens (including phenoxy) is 2. The Balaban J connectivity index is 1.50. The molecule has 0 saturated carbocycles. The van der Waals surface area contributed by atoms with Crippen molar-refractivity contribution in [2.75, 3.05) is 5.32 Å². The van der Waals surface area contributed by atoms with Gasteiger partial charge in [-0.3, -0.25) is 0 Å². The van der Waals surface area contributed by atoms with Crippen molar-refractivity contribution in [1.29, 1.82) is 0 Å². The van der Waals surface area contributed by atoms with E-state index >= 15 is 0 Å². The summed E-state index contributed by atoms with van der Waals surface area (Å²) in [6.07, 6.45) is -1.63. The molecule has 0 spiro atoms. The summed E-state index contributed by atoms with van der Waals surface area (Å²) in [5.41, 5.74) is 1.36. The molecular weight excluding hydrogens is 373 g/mol. The second-order valence-electron chi connectivity index (χ2n) is 5.77. The Morgan fingerprint density at radius 1 is 0.929 bits per heavy atom. The number of aromatic nitrogens is 3. The minimum Gasteiger partial charge on any atom is -0.439 e. The van der Waals surface area contributed by atoms with Crippen LogP contribution in [0.2, 0.25) is 0 Å². The molecule has 6 nitrogen and oxygen atoms in total. The van der Waals surface area contributed by atoms with E-state index in [1.165, 1.54) is 24.5 Å². The van der Waals surface area contributed by atoms with Crippen molar-refractivity contribution >= 4 is 22.4 Å². The van der Waals surface area contributed by atoms with Crippen LogP contribution in [0.25, 0.3) is 10.9 Å². The van der Waals surface area contributed by atoms with Gasteiger partial charge in [0.2, 0.25) is 5.88 Å². The number of hydrogen-bond donors (Lipinski definition) is 2. The van der Waals surface area contributed by atoms with E-state index in [1.807, 2.05) is 24.4 Å². The summed E-state index contributed by atoms with van der Waals surface area (Å²) in [5.74, 6) is 0.909. The zero-order valence-electron chi connectivity index (χ0n) is 14.2. The van der Waals surface area contributed by atoms with Crippen LogP contribution in [0, 0.1) is 0 Å². The van der Waals surface area contributed by atoms with Crippen molar-refractivity contribution in [3.05, 3.63) is 67.1 Å². The molecule has 0 aliphatic carbocycles. The van der Waals surface area contributed by atoms with E-state index in [-0.39, 0.29) is 11.6 Å². The Morgan fingerprint density at radius 2 is 1.82 bits per heavy atom. The highest BCUT2D eigenvalue weighted by Crippen LogP contribution is 2.28. The number of fused-ring (bicyclic) bond motifs is 1. The summed E-state index contributed by atoms with van der Waals surface area (Å²) in [6, 6.07) is 14.5. The quantitative estimate of drug-likeness (QED) is 0.481. The monoisotopic (exact) mass is 386 g/mol. The maximum absolute atomic E-state index is 12.4. The number of nitrogens with zero attached hydrogens (tertiary/aromatic N) is 2. The number of H-pyrrole nitrogens is 1. The SMILES string of the molecule is FC(F)(F)Oc1cccc(Nc2cc(Oc3ccc4[nH]ccc4c3)ncn2)c1. The van der Waals surface area contributed by atoms with E-state index in [0.717, 1.165) is 10.9 Å². The molecule has 0 aliphatic rings. The van der Waals surface area contributed by atoms with E-state index in [4.69, 9.17) is 4.74 Å². The molecule has 2 heterocycles. The molecule has 2 aromatic heterocycles. The first-order valence-electron chi connectivity index (χ1n) is 8.14. The average Bonchev–Trinajstić information content (AvgIpc) is 3.09. The molecule has 4 rings (SSSR count). The maximum atomic E-state index is 12.4. The van der Waals surface area contributed by atoms with Gasteiger partial charge in [-0.1, -0.05) is 6.07 Å². The van der Waals surface area contributed by atoms with Gasteiger partial charge in [-0.05, 0) is 36.4 Å². The van der Waals surface area contributed by atoms with Gasteiger partial charge >= 0.3 is 6.36 Å². The Kier molecular flexibility index (Phi) is 4.48. The molecule has 9 heteroatoms. The first kappa shape index (κ1) is 17.7. The number of nitrogens with one attached hydrogen (secondary N) is 2. The standard InChI is InChI=1S/C19H13F3N4O2/c20-19(21,22)28-15-3-1-2-13(9-15)26-17-10-18(25-11-24-17)27-14-4-5-16-12(8-14)6-7-23-16/h1-11,23H,(H,24,25,26). The third-order valence-corrected chi connectivity index (χ3v) is 3.73. The summed E-state index contributed by atoms with van der Waals surface area (Å²) in [5, 5.41) is 3.89. The largest absolute Gasteiger partial charge is 0.573 e. The van der Waals surface area contributed by atoms with Crippen molar-refractivity contribution in [2.24, 2.45) is 0 Å². The van der Waals surface area contributed by atoms with Gasteiger partial charge in [-0.2, -0.15) is 0 Å². The van der Waals surface area contributed by atoms with Gasteiger partial charge < -0.3 is 19.8 Å². The molecule has 0 atom stereocenters. The number of alkyl halides is 3. The number of hydrogen-bond acceptors (Lipinski definition) is 5. The van der Waals surface area contributed by atoms with E-state index in [0.29, 0.717) is 17.3 Å². The van der Waals surface area contributed by atoms with Crippen LogP contribution in [-0.2, 0) is 0 Å². The molecule has 4 aromatic rings. The molecule has 2 N–H and O–H groups in total. The highest BCUT2D eigenvalue weighted by molar-refractivity contribution is 5.80. The van der Waals surface area contributed by atoms with Crippen LogP contribution in [-0.4, -0.2) is 21.3 Å². The number of aromatic amines is 1. The predicted octanol–water partition coefficient (Wildman–Crippen LogP) is 5.39. The topological polar surface area (TPSA) is 72.1 Å². The number of anilines is 2. The smallest absolute Gasteiger partial charge is 0.439 e. The molecule has 0 saturated heterocycles. The van der Waals surface area contributed by atoms with E-state index in [2.05, 4.69) is 25.0 Å². The Morgan fingerprint density at radius 3 is 2.68 bits per heavy atom. The first-order chi connectivity index (χ1) is 13.4. The summed E-state index contributed by atoms with van der Waals surface area (Å²) >= 11 is 0. The third kappa shape index (κ3) is 4.32. The fourth-order valence-corrected chi connectivity index (χ4v) is 2.60. The van der Waals surface area contributed by atoms with Crippen molar-refractivity contribution in [1.82, 2.24) is 15.0 Å².